The summed E-state index contributed by atoms with van der Waals surface area (Å²) in [6.07, 6.45) is -0.680. The number of hydrogen-bond donors (Lipinski definition) is 2. The van der Waals surface area contributed by atoms with E-state index in [1.165, 1.54) is 4.90 Å². The molecule has 2 aromatic rings. The van der Waals surface area contributed by atoms with Crippen LogP contribution in [0.1, 0.15) is 62.9 Å². The molecule has 0 heterocycles. The Hall–Kier alpha value is -3.35. The number of nitrogens with zero attached hydrogens (tertiary/aromatic N) is 1. The number of nitrogens with one attached hydrogen (secondary N) is 2. The second kappa shape index (κ2) is 11.7. The summed E-state index contributed by atoms with van der Waals surface area (Å²) >= 11 is 0. The quantitative estimate of drug-likeness (QED) is 0.602. The molecule has 3 amide bonds. The van der Waals surface area contributed by atoms with Gasteiger partial charge in [0.15, 0.2) is 0 Å². The lowest BCUT2D eigenvalue weighted by Gasteiger charge is -2.33. The predicted molar refractivity (Wildman–Crippen MR) is 133 cm³/mol. The Bertz CT molecular complexity index is 999. The number of ether oxygens (including phenoxy) is 1. The highest BCUT2D eigenvalue weighted by molar-refractivity contribution is 5.92. The fourth-order valence-corrected chi connectivity index (χ4v) is 3.73. The van der Waals surface area contributed by atoms with E-state index in [-0.39, 0.29) is 18.4 Å². The number of aryl methyl sites for hydroxylation is 2. The molecule has 0 radical (unpaired) electrons. The Morgan fingerprint density at radius 1 is 1.03 bits per heavy atom. The number of carbonyl (C=O) groups excluding carboxylic acids is 3. The third kappa shape index (κ3) is 7.61. The molecule has 0 spiro atoms. The largest absolute Gasteiger partial charge is 0.444 e. The summed E-state index contributed by atoms with van der Waals surface area (Å²) in [6, 6.07) is 13.7. The average molecular weight is 468 g/mol. The molecular weight excluding hydrogens is 430 g/mol. The molecule has 0 saturated carbocycles. The van der Waals surface area contributed by atoms with Crippen molar-refractivity contribution in [1.29, 1.82) is 0 Å². The maximum atomic E-state index is 13.5. The van der Waals surface area contributed by atoms with Gasteiger partial charge in [-0.25, -0.2) is 4.79 Å². The number of carbonyl (C=O) groups is 3. The molecule has 0 saturated heterocycles. The number of amides is 3. The lowest BCUT2D eigenvalue weighted by Crippen LogP contribution is -2.51. The van der Waals surface area contributed by atoms with E-state index in [2.05, 4.69) is 10.6 Å². The number of rotatable bonds is 8. The average Bonchev–Trinajstić information content (AvgIpc) is 2.75. The SMILES string of the molecule is CCN(C(=O)C(C)NC(=O)OC(C)(C)C)C(C(=O)NCc1ccccc1)c1ccc(C)cc1C. The summed E-state index contributed by atoms with van der Waals surface area (Å²) in [6.45, 7) is 13.2. The van der Waals surface area contributed by atoms with Gasteiger partial charge in [0.25, 0.3) is 0 Å². The Morgan fingerprint density at radius 3 is 2.24 bits per heavy atom. The molecule has 7 nitrogen and oxygen atoms in total. The highest BCUT2D eigenvalue weighted by Crippen LogP contribution is 2.26. The van der Waals surface area contributed by atoms with E-state index in [0.717, 1.165) is 22.3 Å². The number of hydrogen-bond acceptors (Lipinski definition) is 4. The van der Waals surface area contributed by atoms with Gasteiger partial charge in [-0.1, -0.05) is 54.1 Å². The standard InChI is InChI=1S/C27H37N3O4/c1-8-30(25(32)20(4)29-26(33)34-27(5,6)7)23(22-15-14-18(2)16-19(22)3)24(31)28-17-21-12-10-9-11-13-21/h9-16,20,23H,8,17H2,1-7H3,(H,28,31)(H,29,33). The zero-order chi connectivity index (χ0) is 25.5. The molecular formula is C27H37N3O4. The van der Waals surface area contributed by atoms with E-state index in [1.807, 2.05) is 69.3 Å². The Labute approximate surface area is 202 Å². The fraction of sp³-hybridized carbons (Fsp3) is 0.444. The summed E-state index contributed by atoms with van der Waals surface area (Å²) in [5, 5.41) is 5.57. The van der Waals surface area contributed by atoms with Crippen LogP contribution in [0.5, 0.6) is 0 Å². The first-order valence-corrected chi connectivity index (χ1v) is 11.6. The number of likely N-dealkylation sites (N-methyl/N-ethyl adjacent to an activating group) is 1. The van der Waals surface area contributed by atoms with Crippen molar-refractivity contribution in [2.45, 2.75) is 72.7 Å². The van der Waals surface area contributed by atoms with Crippen LogP contribution in [0.4, 0.5) is 4.79 Å². The summed E-state index contributed by atoms with van der Waals surface area (Å²) in [4.78, 5) is 40.6. The topological polar surface area (TPSA) is 87.7 Å². The van der Waals surface area contributed by atoms with Crippen molar-refractivity contribution >= 4 is 17.9 Å². The molecule has 0 aliphatic heterocycles. The smallest absolute Gasteiger partial charge is 0.408 e. The zero-order valence-electron chi connectivity index (χ0n) is 21.3. The molecule has 2 rings (SSSR count). The van der Waals surface area contributed by atoms with E-state index in [9.17, 15) is 14.4 Å². The van der Waals surface area contributed by atoms with Crippen LogP contribution >= 0.6 is 0 Å². The molecule has 184 valence electrons. The Kier molecular flexibility index (Phi) is 9.24. The van der Waals surface area contributed by atoms with Crippen molar-refractivity contribution in [1.82, 2.24) is 15.5 Å². The molecule has 0 aliphatic rings. The van der Waals surface area contributed by atoms with Crippen LogP contribution < -0.4 is 10.6 Å². The van der Waals surface area contributed by atoms with E-state index >= 15 is 0 Å². The molecule has 34 heavy (non-hydrogen) atoms. The molecule has 0 bridgehead atoms. The van der Waals surface area contributed by atoms with Gasteiger partial charge in [-0.05, 0) is 65.2 Å². The second-order valence-corrected chi connectivity index (χ2v) is 9.46. The van der Waals surface area contributed by atoms with Crippen molar-refractivity contribution < 1.29 is 19.1 Å². The molecule has 7 heteroatoms. The highest BCUT2D eigenvalue weighted by Gasteiger charge is 2.34. The van der Waals surface area contributed by atoms with Gasteiger partial charge in [-0.3, -0.25) is 9.59 Å². The van der Waals surface area contributed by atoms with Crippen LogP contribution in [-0.4, -0.2) is 41.0 Å². The van der Waals surface area contributed by atoms with Crippen molar-refractivity contribution in [3.8, 4) is 0 Å². The van der Waals surface area contributed by atoms with Gasteiger partial charge in [0.05, 0.1) is 0 Å². The van der Waals surface area contributed by atoms with Crippen LogP contribution in [0.15, 0.2) is 48.5 Å². The molecule has 2 unspecified atom stereocenters. The summed E-state index contributed by atoms with van der Waals surface area (Å²) in [5.41, 5.74) is 3.01. The third-order valence-electron chi connectivity index (χ3n) is 5.32. The molecule has 0 aliphatic carbocycles. The highest BCUT2D eigenvalue weighted by atomic mass is 16.6. The minimum Gasteiger partial charge on any atom is -0.444 e. The molecule has 0 fully saturated rings. The Balaban J connectivity index is 2.31. The lowest BCUT2D eigenvalue weighted by atomic mass is 9.96. The predicted octanol–water partition coefficient (Wildman–Crippen LogP) is 4.42. The van der Waals surface area contributed by atoms with Gasteiger partial charge < -0.3 is 20.3 Å². The first-order chi connectivity index (χ1) is 15.9. The van der Waals surface area contributed by atoms with Crippen molar-refractivity contribution in [2.24, 2.45) is 0 Å². The van der Waals surface area contributed by atoms with Crippen LogP contribution in [0.2, 0.25) is 0 Å². The monoisotopic (exact) mass is 467 g/mol. The number of alkyl carbamates (subject to hydrolysis) is 1. The maximum absolute atomic E-state index is 13.5. The third-order valence-corrected chi connectivity index (χ3v) is 5.32. The van der Waals surface area contributed by atoms with Crippen LogP contribution in [-0.2, 0) is 20.9 Å². The van der Waals surface area contributed by atoms with Gasteiger partial charge >= 0.3 is 6.09 Å². The lowest BCUT2D eigenvalue weighted by molar-refractivity contribution is -0.142. The Morgan fingerprint density at radius 2 is 1.68 bits per heavy atom. The van der Waals surface area contributed by atoms with Crippen molar-refractivity contribution in [3.63, 3.8) is 0 Å². The van der Waals surface area contributed by atoms with Crippen LogP contribution in [0.25, 0.3) is 0 Å². The minimum absolute atomic E-state index is 0.282. The van der Waals surface area contributed by atoms with Gasteiger partial charge in [0.1, 0.15) is 17.7 Å². The normalized spacial score (nSPS) is 12.9. The summed E-state index contributed by atoms with van der Waals surface area (Å²) < 4.78 is 5.28. The molecule has 2 atom stereocenters. The van der Waals surface area contributed by atoms with E-state index in [4.69, 9.17) is 4.74 Å². The molecule has 2 aromatic carbocycles. The number of benzene rings is 2. The van der Waals surface area contributed by atoms with Gasteiger partial charge in [0, 0.05) is 13.1 Å². The van der Waals surface area contributed by atoms with Crippen molar-refractivity contribution in [2.75, 3.05) is 6.54 Å². The van der Waals surface area contributed by atoms with Gasteiger partial charge in [-0.2, -0.15) is 0 Å². The van der Waals surface area contributed by atoms with Crippen LogP contribution in [0, 0.1) is 13.8 Å². The van der Waals surface area contributed by atoms with Crippen LogP contribution in [0.3, 0.4) is 0 Å². The minimum atomic E-state index is -0.870. The van der Waals surface area contributed by atoms with Gasteiger partial charge in [-0.15, -0.1) is 0 Å². The molecule has 2 N–H and O–H groups in total. The summed E-state index contributed by atoms with van der Waals surface area (Å²) in [7, 11) is 0. The van der Waals surface area contributed by atoms with E-state index in [0.29, 0.717) is 6.54 Å². The fourth-order valence-electron chi connectivity index (χ4n) is 3.73. The van der Waals surface area contributed by atoms with Gasteiger partial charge in [0.2, 0.25) is 11.8 Å². The van der Waals surface area contributed by atoms with E-state index < -0.39 is 23.8 Å². The zero-order valence-corrected chi connectivity index (χ0v) is 21.3. The first-order valence-electron chi connectivity index (χ1n) is 11.6. The molecule has 0 aromatic heterocycles. The first kappa shape index (κ1) is 26.9. The summed E-state index contributed by atoms with van der Waals surface area (Å²) in [5.74, 6) is -0.649. The maximum Gasteiger partial charge on any atom is 0.408 e. The second-order valence-electron chi connectivity index (χ2n) is 9.46. The van der Waals surface area contributed by atoms with Crippen molar-refractivity contribution in [3.05, 3.63) is 70.8 Å². The van der Waals surface area contributed by atoms with E-state index in [1.54, 1.807) is 27.7 Å².